The van der Waals surface area contributed by atoms with E-state index in [4.69, 9.17) is 10.6 Å². The van der Waals surface area contributed by atoms with E-state index in [0.29, 0.717) is 23.4 Å². The van der Waals surface area contributed by atoms with Gasteiger partial charge in [-0.25, -0.2) is 20.8 Å². The van der Waals surface area contributed by atoms with Gasteiger partial charge in [0.25, 0.3) is 0 Å². The lowest BCUT2D eigenvalue weighted by molar-refractivity contribution is 0.398. The van der Waals surface area contributed by atoms with Crippen LogP contribution >= 0.6 is 0 Å². The van der Waals surface area contributed by atoms with E-state index < -0.39 is 0 Å². The Morgan fingerprint density at radius 1 is 1.32 bits per heavy atom. The molecule has 1 aliphatic rings. The summed E-state index contributed by atoms with van der Waals surface area (Å²) in [4.78, 5) is 13.1. The van der Waals surface area contributed by atoms with Crippen LogP contribution in [0.2, 0.25) is 0 Å². The van der Waals surface area contributed by atoms with E-state index in [9.17, 15) is 0 Å². The highest BCUT2D eigenvalue weighted by atomic mass is 16.5. The lowest BCUT2D eigenvalue weighted by Crippen LogP contribution is -2.10. The fourth-order valence-electron chi connectivity index (χ4n) is 1.89. The smallest absolute Gasteiger partial charge is 0.212 e. The van der Waals surface area contributed by atoms with E-state index in [2.05, 4.69) is 20.4 Å². The van der Waals surface area contributed by atoms with Gasteiger partial charge in [0.1, 0.15) is 5.82 Å². The molecule has 2 aromatic rings. The van der Waals surface area contributed by atoms with E-state index in [-0.39, 0.29) is 0 Å². The summed E-state index contributed by atoms with van der Waals surface area (Å²) in [5.41, 5.74) is 4.47. The van der Waals surface area contributed by atoms with Crippen LogP contribution in [0.25, 0.3) is 11.4 Å². The number of rotatable bonds is 4. The van der Waals surface area contributed by atoms with E-state index in [0.717, 1.165) is 11.3 Å². The van der Waals surface area contributed by atoms with Gasteiger partial charge < -0.3 is 10.2 Å². The molecule has 3 rings (SSSR count). The first-order chi connectivity index (χ1) is 9.30. The van der Waals surface area contributed by atoms with Gasteiger partial charge in [0.2, 0.25) is 5.88 Å². The van der Waals surface area contributed by atoms with Gasteiger partial charge in [-0.15, -0.1) is 0 Å². The number of pyridine rings is 1. The standard InChI is InChI=1S/C13H15N5O/c1-19-12-5-4-9(7-15-12)13-16-10(8-2-3-8)6-11(17-13)18-14/h4-8H,2-3,14H2,1H3,(H,16,17,18). The Balaban J connectivity index is 1.99. The van der Waals surface area contributed by atoms with Crippen LogP contribution in [-0.2, 0) is 0 Å². The van der Waals surface area contributed by atoms with Gasteiger partial charge in [-0.2, -0.15) is 0 Å². The van der Waals surface area contributed by atoms with Crippen LogP contribution < -0.4 is 16.0 Å². The number of hydrogen-bond acceptors (Lipinski definition) is 6. The van der Waals surface area contributed by atoms with Crippen molar-refractivity contribution >= 4 is 5.82 Å². The normalized spacial score (nSPS) is 14.2. The van der Waals surface area contributed by atoms with Crippen LogP contribution in [0.1, 0.15) is 24.5 Å². The second-order valence-corrected chi connectivity index (χ2v) is 4.51. The molecule has 1 aliphatic carbocycles. The van der Waals surface area contributed by atoms with Crippen molar-refractivity contribution in [2.24, 2.45) is 5.84 Å². The molecule has 3 N–H and O–H groups in total. The van der Waals surface area contributed by atoms with E-state index in [1.807, 2.05) is 12.1 Å². The van der Waals surface area contributed by atoms with Crippen LogP contribution in [0, 0.1) is 0 Å². The predicted octanol–water partition coefficient (Wildman–Crippen LogP) is 1.71. The second-order valence-electron chi connectivity index (χ2n) is 4.51. The minimum atomic E-state index is 0.542. The number of aromatic nitrogens is 3. The zero-order valence-corrected chi connectivity index (χ0v) is 10.6. The van der Waals surface area contributed by atoms with Crippen molar-refractivity contribution in [3.8, 4) is 17.3 Å². The molecule has 0 bridgehead atoms. The molecule has 98 valence electrons. The summed E-state index contributed by atoms with van der Waals surface area (Å²) >= 11 is 0. The highest BCUT2D eigenvalue weighted by Gasteiger charge is 2.26. The van der Waals surface area contributed by atoms with Crippen molar-refractivity contribution < 1.29 is 4.74 Å². The summed E-state index contributed by atoms with van der Waals surface area (Å²) in [6.45, 7) is 0. The number of methoxy groups -OCH3 is 1. The molecule has 0 saturated heterocycles. The molecule has 0 aromatic carbocycles. The third-order valence-corrected chi connectivity index (χ3v) is 3.09. The maximum atomic E-state index is 5.46. The fraction of sp³-hybridized carbons (Fsp3) is 0.308. The van der Waals surface area contributed by atoms with Gasteiger partial charge in [0, 0.05) is 35.5 Å². The van der Waals surface area contributed by atoms with Crippen molar-refractivity contribution in [3.63, 3.8) is 0 Å². The molecule has 19 heavy (non-hydrogen) atoms. The summed E-state index contributed by atoms with van der Waals surface area (Å²) in [5, 5.41) is 0. The van der Waals surface area contributed by atoms with Crippen LogP contribution in [0.5, 0.6) is 5.88 Å². The molecular weight excluding hydrogens is 242 g/mol. The van der Waals surface area contributed by atoms with Gasteiger partial charge in [0.15, 0.2) is 5.82 Å². The summed E-state index contributed by atoms with van der Waals surface area (Å²) in [7, 11) is 1.59. The van der Waals surface area contributed by atoms with Crippen LogP contribution in [0.15, 0.2) is 24.4 Å². The lowest BCUT2D eigenvalue weighted by Gasteiger charge is -2.07. The van der Waals surface area contributed by atoms with Crippen molar-refractivity contribution in [1.29, 1.82) is 0 Å². The van der Waals surface area contributed by atoms with E-state index in [1.165, 1.54) is 12.8 Å². The monoisotopic (exact) mass is 257 g/mol. The summed E-state index contributed by atoms with van der Waals surface area (Å²) in [6.07, 6.45) is 4.06. The highest BCUT2D eigenvalue weighted by molar-refractivity contribution is 5.57. The molecule has 6 nitrogen and oxygen atoms in total. The number of anilines is 1. The molecule has 1 saturated carbocycles. The van der Waals surface area contributed by atoms with Crippen LogP contribution in [-0.4, -0.2) is 22.1 Å². The van der Waals surface area contributed by atoms with Crippen molar-refractivity contribution in [1.82, 2.24) is 15.0 Å². The third kappa shape index (κ3) is 2.48. The van der Waals surface area contributed by atoms with Crippen molar-refractivity contribution in [3.05, 3.63) is 30.1 Å². The molecule has 1 fully saturated rings. The van der Waals surface area contributed by atoms with Crippen LogP contribution in [0.4, 0.5) is 5.82 Å². The minimum Gasteiger partial charge on any atom is -0.481 e. The van der Waals surface area contributed by atoms with E-state index in [1.54, 1.807) is 19.4 Å². The number of nitrogens with one attached hydrogen (secondary N) is 1. The summed E-state index contributed by atoms with van der Waals surface area (Å²) in [6, 6.07) is 5.58. The number of nitrogens with two attached hydrogens (primary N) is 1. The average Bonchev–Trinajstić information content (AvgIpc) is 3.31. The number of nitrogens with zero attached hydrogens (tertiary/aromatic N) is 3. The molecule has 6 heteroatoms. The van der Waals surface area contributed by atoms with Gasteiger partial charge in [0.05, 0.1) is 7.11 Å². The SMILES string of the molecule is COc1ccc(-c2nc(NN)cc(C3CC3)n2)cn1. The number of hydrazine groups is 1. The minimum absolute atomic E-state index is 0.542. The molecule has 0 aliphatic heterocycles. The molecule has 0 spiro atoms. The Morgan fingerprint density at radius 3 is 2.74 bits per heavy atom. The summed E-state index contributed by atoms with van der Waals surface area (Å²) in [5.74, 6) is 7.83. The van der Waals surface area contributed by atoms with Crippen molar-refractivity contribution in [2.75, 3.05) is 12.5 Å². The molecule has 0 amide bonds. The quantitative estimate of drug-likeness (QED) is 0.640. The summed E-state index contributed by atoms with van der Waals surface area (Å²) < 4.78 is 5.04. The Labute approximate surface area is 111 Å². The first kappa shape index (κ1) is 11.9. The highest BCUT2D eigenvalue weighted by Crippen LogP contribution is 2.40. The molecule has 0 unspecified atom stereocenters. The number of nitrogen functional groups attached to an aromatic ring is 1. The van der Waals surface area contributed by atoms with Gasteiger partial charge in [-0.05, 0) is 18.9 Å². The van der Waals surface area contributed by atoms with Gasteiger partial charge >= 0.3 is 0 Å². The Bertz CT molecular complexity index is 580. The Morgan fingerprint density at radius 2 is 2.16 bits per heavy atom. The van der Waals surface area contributed by atoms with Crippen molar-refractivity contribution in [2.45, 2.75) is 18.8 Å². The van der Waals surface area contributed by atoms with Crippen LogP contribution in [0.3, 0.4) is 0 Å². The zero-order valence-electron chi connectivity index (χ0n) is 10.6. The Kier molecular flexibility index (Phi) is 3.00. The number of hydrogen-bond donors (Lipinski definition) is 2. The second kappa shape index (κ2) is 4.81. The average molecular weight is 257 g/mol. The first-order valence-electron chi connectivity index (χ1n) is 6.16. The molecular formula is C13H15N5O. The number of ether oxygens (including phenoxy) is 1. The third-order valence-electron chi connectivity index (χ3n) is 3.09. The first-order valence-corrected chi connectivity index (χ1v) is 6.16. The largest absolute Gasteiger partial charge is 0.481 e. The lowest BCUT2D eigenvalue weighted by atomic mass is 10.2. The topological polar surface area (TPSA) is 86.0 Å². The molecule has 2 heterocycles. The fourth-order valence-corrected chi connectivity index (χ4v) is 1.89. The van der Waals surface area contributed by atoms with Gasteiger partial charge in [-0.1, -0.05) is 0 Å². The van der Waals surface area contributed by atoms with E-state index >= 15 is 0 Å². The maximum absolute atomic E-state index is 5.46. The Hall–Kier alpha value is -2.21. The maximum Gasteiger partial charge on any atom is 0.212 e. The zero-order chi connectivity index (χ0) is 13.2. The molecule has 0 atom stereocenters. The molecule has 0 radical (unpaired) electrons. The predicted molar refractivity (Wildman–Crippen MR) is 71.6 cm³/mol. The molecule has 2 aromatic heterocycles. The van der Waals surface area contributed by atoms with Gasteiger partial charge in [-0.3, -0.25) is 0 Å².